The van der Waals surface area contributed by atoms with Crippen molar-refractivity contribution in [2.45, 2.75) is 6.92 Å². The van der Waals surface area contributed by atoms with Crippen molar-refractivity contribution in [3.05, 3.63) is 27.7 Å². The second-order valence-corrected chi connectivity index (χ2v) is 3.43. The Morgan fingerprint density at radius 3 is 2.69 bits per heavy atom. The number of nitriles is 1. The lowest BCUT2D eigenvalue weighted by molar-refractivity contribution is 0.101. The smallest absolute Gasteiger partial charge is 0.163 e. The summed E-state index contributed by atoms with van der Waals surface area (Å²) < 4.78 is 0.604. The van der Waals surface area contributed by atoms with Crippen molar-refractivity contribution in [2.75, 3.05) is 0 Å². The minimum Gasteiger partial charge on any atom is -0.506 e. The Labute approximate surface area is 83.7 Å². The molecule has 0 aliphatic carbocycles. The molecule has 0 bridgehead atoms. The molecule has 1 N–H and O–H groups in total. The molecule has 0 fully saturated rings. The standard InChI is InChI=1S/C9H6BrNO2/c1-5(12)8-3-7(10)2-6(4-11)9(8)13/h2-3,13H,1H3. The van der Waals surface area contributed by atoms with Crippen LogP contribution in [-0.4, -0.2) is 10.9 Å². The van der Waals surface area contributed by atoms with Crippen LogP contribution in [0, 0.1) is 11.3 Å². The molecule has 1 aromatic carbocycles. The molecule has 1 rings (SSSR count). The van der Waals surface area contributed by atoms with Crippen LogP contribution in [0.2, 0.25) is 0 Å². The van der Waals surface area contributed by atoms with E-state index in [2.05, 4.69) is 15.9 Å². The van der Waals surface area contributed by atoms with E-state index in [1.165, 1.54) is 19.1 Å². The van der Waals surface area contributed by atoms with Crippen LogP contribution in [0.25, 0.3) is 0 Å². The molecule has 0 spiro atoms. The summed E-state index contributed by atoms with van der Waals surface area (Å²) in [7, 11) is 0. The first-order valence-corrected chi connectivity index (χ1v) is 4.29. The van der Waals surface area contributed by atoms with Gasteiger partial charge in [0.2, 0.25) is 0 Å². The van der Waals surface area contributed by atoms with E-state index in [-0.39, 0.29) is 22.7 Å². The fourth-order valence-corrected chi connectivity index (χ4v) is 1.41. The number of rotatable bonds is 1. The first-order valence-electron chi connectivity index (χ1n) is 3.50. The summed E-state index contributed by atoms with van der Waals surface area (Å²) in [4.78, 5) is 11.0. The zero-order valence-corrected chi connectivity index (χ0v) is 8.42. The number of phenolic OH excluding ortho intramolecular Hbond substituents is 1. The van der Waals surface area contributed by atoms with Crippen LogP contribution in [0.1, 0.15) is 22.8 Å². The molecular weight excluding hydrogens is 234 g/mol. The maximum Gasteiger partial charge on any atom is 0.163 e. The highest BCUT2D eigenvalue weighted by Gasteiger charge is 2.11. The lowest BCUT2D eigenvalue weighted by atomic mass is 10.1. The lowest BCUT2D eigenvalue weighted by Gasteiger charge is -2.02. The number of phenols is 1. The minimum atomic E-state index is -0.268. The van der Waals surface area contributed by atoms with Crippen molar-refractivity contribution >= 4 is 21.7 Å². The number of carbonyl (C=O) groups is 1. The summed E-state index contributed by atoms with van der Waals surface area (Å²) in [6.45, 7) is 1.34. The average Bonchev–Trinajstić information content (AvgIpc) is 2.08. The molecule has 4 heteroatoms. The number of aromatic hydroxyl groups is 1. The first-order chi connectivity index (χ1) is 6.06. The highest BCUT2D eigenvalue weighted by molar-refractivity contribution is 9.10. The van der Waals surface area contributed by atoms with E-state index in [9.17, 15) is 9.90 Å². The second-order valence-electron chi connectivity index (χ2n) is 2.52. The Kier molecular flexibility index (Phi) is 2.69. The molecular formula is C9H6BrNO2. The molecule has 3 nitrogen and oxygen atoms in total. The molecule has 1 aromatic rings. The van der Waals surface area contributed by atoms with Gasteiger partial charge in [-0.3, -0.25) is 4.79 Å². The lowest BCUT2D eigenvalue weighted by Crippen LogP contribution is -1.94. The summed E-state index contributed by atoms with van der Waals surface area (Å²) in [5.74, 6) is -0.520. The van der Waals surface area contributed by atoms with Gasteiger partial charge in [0.05, 0.1) is 11.1 Å². The largest absolute Gasteiger partial charge is 0.506 e. The number of benzene rings is 1. The van der Waals surface area contributed by atoms with E-state index < -0.39 is 0 Å². The Balaban J connectivity index is 3.47. The third-order valence-corrected chi connectivity index (χ3v) is 2.03. The molecule has 13 heavy (non-hydrogen) atoms. The van der Waals surface area contributed by atoms with E-state index in [0.717, 1.165) is 0 Å². The van der Waals surface area contributed by atoms with E-state index in [1.807, 2.05) is 0 Å². The fourth-order valence-electron chi connectivity index (χ4n) is 0.953. The average molecular weight is 240 g/mol. The molecule has 66 valence electrons. The van der Waals surface area contributed by atoms with Gasteiger partial charge in [-0.25, -0.2) is 0 Å². The quantitative estimate of drug-likeness (QED) is 0.765. The summed E-state index contributed by atoms with van der Waals surface area (Å²) in [6.07, 6.45) is 0. The van der Waals surface area contributed by atoms with Crippen LogP contribution in [0.5, 0.6) is 5.75 Å². The summed E-state index contributed by atoms with van der Waals surface area (Å²) in [5, 5.41) is 18.0. The highest BCUT2D eigenvalue weighted by atomic mass is 79.9. The van der Waals surface area contributed by atoms with Crippen molar-refractivity contribution < 1.29 is 9.90 Å². The molecule has 0 radical (unpaired) electrons. The number of hydrogen-bond acceptors (Lipinski definition) is 3. The summed E-state index contributed by atoms with van der Waals surface area (Å²) >= 11 is 3.14. The Morgan fingerprint density at radius 2 is 2.23 bits per heavy atom. The Bertz CT molecular complexity index is 407. The number of nitrogens with zero attached hydrogens (tertiary/aromatic N) is 1. The van der Waals surface area contributed by atoms with E-state index in [1.54, 1.807) is 6.07 Å². The number of halogens is 1. The summed E-state index contributed by atoms with van der Waals surface area (Å²) in [5.41, 5.74) is 0.255. The summed E-state index contributed by atoms with van der Waals surface area (Å²) in [6, 6.07) is 4.74. The van der Waals surface area contributed by atoms with Crippen LogP contribution in [-0.2, 0) is 0 Å². The Hall–Kier alpha value is -1.34. The van der Waals surface area contributed by atoms with Crippen molar-refractivity contribution in [1.29, 1.82) is 5.26 Å². The van der Waals surface area contributed by atoms with Gasteiger partial charge in [0, 0.05) is 4.47 Å². The van der Waals surface area contributed by atoms with E-state index in [0.29, 0.717) is 4.47 Å². The SMILES string of the molecule is CC(=O)c1cc(Br)cc(C#N)c1O. The Morgan fingerprint density at radius 1 is 1.62 bits per heavy atom. The number of Topliss-reactive ketones (excluding diaryl/α,β-unsaturated/α-hetero) is 1. The third kappa shape index (κ3) is 1.87. The molecule has 0 aliphatic heterocycles. The molecule has 0 atom stereocenters. The fraction of sp³-hybridized carbons (Fsp3) is 0.111. The van der Waals surface area contributed by atoms with Crippen LogP contribution in [0.4, 0.5) is 0 Å². The van der Waals surface area contributed by atoms with Gasteiger partial charge in [-0.05, 0) is 19.1 Å². The van der Waals surface area contributed by atoms with Gasteiger partial charge in [-0.1, -0.05) is 15.9 Å². The number of carbonyl (C=O) groups excluding carboxylic acids is 1. The van der Waals surface area contributed by atoms with Gasteiger partial charge >= 0.3 is 0 Å². The van der Waals surface area contributed by atoms with Crippen molar-refractivity contribution in [3.63, 3.8) is 0 Å². The van der Waals surface area contributed by atoms with Gasteiger partial charge in [0.1, 0.15) is 11.8 Å². The molecule has 0 aromatic heterocycles. The van der Waals surface area contributed by atoms with Gasteiger partial charge in [0.15, 0.2) is 5.78 Å². The number of hydrogen-bond donors (Lipinski definition) is 1. The topological polar surface area (TPSA) is 61.1 Å². The monoisotopic (exact) mass is 239 g/mol. The predicted molar refractivity (Wildman–Crippen MR) is 50.5 cm³/mol. The van der Waals surface area contributed by atoms with Crippen molar-refractivity contribution in [1.82, 2.24) is 0 Å². The van der Waals surface area contributed by atoms with Crippen LogP contribution in [0.3, 0.4) is 0 Å². The minimum absolute atomic E-state index is 0.0968. The molecule has 0 saturated heterocycles. The van der Waals surface area contributed by atoms with Gasteiger partial charge < -0.3 is 5.11 Å². The van der Waals surface area contributed by atoms with E-state index >= 15 is 0 Å². The van der Waals surface area contributed by atoms with Crippen LogP contribution >= 0.6 is 15.9 Å². The van der Waals surface area contributed by atoms with E-state index in [4.69, 9.17) is 5.26 Å². The number of ketones is 1. The normalized spacial score (nSPS) is 9.31. The maximum absolute atomic E-state index is 11.0. The second kappa shape index (κ2) is 3.58. The van der Waals surface area contributed by atoms with Gasteiger partial charge in [-0.15, -0.1) is 0 Å². The van der Waals surface area contributed by atoms with Crippen LogP contribution in [0.15, 0.2) is 16.6 Å². The zero-order chi connectivity index (χ0) is 10.0. The molecule has 0 heterocycles. The maximum atomic E-state index is 11.0. The molecule has 0 saturated carbocycles. The first kappa shape index (κ1) is 9.75. The van der Waals surface area contributed by atoms with Crippen molar-refractivity contribution in [2.24, 2.45) is 0 Å². The van der Waals surface area contributed by atoms with Gasteiger partial charge in [0.25, 0.3) is 0 Å². The van der Waals surface area contributed by atoms with Crippen LogP contribution < -0.4 is 0 Å². The molecule has 0 unspecified atom stereocenters. The third-order valence-electron chi connectivity index (χ3n) is 1.57. The molecule has 0 amide bonds. The predicted octanol–water partition coefficient (Wildman–Crippen LogP) is 2.23. The van der Waals surface area contributed by atoms with Crippen molar-refractivity contribution in [3.8, 4) is 11.8 Å². The van der Waals surface area contributed by atoms with Gasteiger partial charge in [-0.2, -0.15) is 5.26 Å². The highest BCUT2D eigenvalue weighted by Crippen LogP contribution is 2.26. The zero-order valence-electron chi connectivity index (χ0n) is 6.84. The molecule has 0 aliphatic rings.